The summed E-state index contributed by atoms with van der Waals surface area (Å²) in [6.07, 6.45) is 9.13. The number of likely N-dealkylation sites (tertiary alicyclic amines) is 2. The van der Waals surface area contributed by atoms with Crippen molar-refractivity contribution in [1.29, 1.82) is 0 Å². The van der Waals surface area contributed by atoms with Crippen molar-refractivity contribution in [2.24, 2.45) is 11.3 Å². The Bertz CT molecular complexity index is 618. The van der Waals surface area contributed by atoms with Crippen LogP contribution in [0.4, 0.5) is 0 Å². The zero-order chi connectivity index (χ0) is 17.3. The van der Waals surface area contributed by atoms with Crippen molar-refractivity contribution < 1.29 is 9.32 Å². The van der Waals surface area contributed by atoms with E-state index in [1.54, 1.807) is 11.8 Å². The molecule has 3 fully saturated rings. The molecule has 1 aromatic heterocycles. The van der Waals surface area contributed by atoms with Gasteiger partial charge in [-0.2, -0.15) is 16.7 Å². The third-order valence-electron chi connectivity index (χ3n) is 6.10. The predicted molar refractivity (Wildman–Crippen MR) is 97.0 cm³/mol. The summed E-state index contributed by atoms with van der Waals surface area (Å²) in [6, 6.07) is 0. The smallest absolute Gasteiger partial charge is 0.240 e. The van der Waals surface area contributed by atoms with Crippen LogP contribution in [0.5, 0.6) is 0 Å². The van der Waals surface area contributed by atoms with Gasteiger partial charge in [0.1, 0.15) is 0 Å². The number of hydrogen-bond donors (Lipinski definition) is 0. The van der Waals surface area contributed by atoms with Crippen molar-refractivity contribution in [2.45, 2.75) is 50.8 Å². The zero-order valence-electron chi connectivity index (χ0n) is 15.1. The molecule has 2 aliphatic heterocycles. The molecule has 0 unspecified atom stereocenters. The minimum absolute atomic E-state index is 0.163. The maximum Gasteiger partial charge on any atom is 0.240 e. The van der Waals surface area contributed by atoms with E-state index in [0.29, 0.717) is 18.3 Å². The molecule has 0 aromatic carbocycles. The van der Waals surface area contributed by atoms with E-state index in [4.69, 9.17) is 4.52 Å². The highest BCUT2D eigenvalue weighted by Crippen LogP contribution is 2.41. The van der Waals surface area contributed by atoms with Crippen molar-refractivity contribution in [3.8, 4) is 0 Å². The highest BCUT2D eigenvalue weighted by molar-refractivity contribution is 7.97. The van der Waals surface area contributed by atoms with Crippen molar-refractivity contribution in [2.75, 3.05) is 32.4 Å². The Balaban J connectivity index is 1.36. The number of aromatic nitrogens is 2. The first kappa shape index (κ1) is 17.3. The second-order valence-corrected chi connectivity index (χ2v) is 8.80. The van der Waals surface area contributed by atoms with Gasteiger partial charge in [0.25, 0.3) is 0 Å². The molecule has 1 aliphatic carbocycles. The zero-order valence-corrected chi connectivity index (χ0v) is 15.9. The van der Waals surface area contributed by atoms with E-state index >= 15 is 0 Å². The highest BCUT2D eigenvalue weighted by atomic mass is 32.2. The van der Waals surface area contributed by atoms with E-state index in [0.717, 1.165) is 62.9 Å². The van der Waals surface area contributed by atoms with Gasteiger partial charge in [0.2, 0.25) is 11.8 Å². The average Bonchev–Trinajstić information content (AvgIpc) is 3.16. The number of nitrogens with zero attached hydrogens (tertiary/aromatic N) is 4. The number of amides is 1. The van der Waals surface area contributed by atoms with Crippen molar-refractivity contribution in [3.05, 3.63) is 11.7 Å². The molecule has 138 valence electrons. The molecule has 7 heteroatoms. The molecular formula is C18H28N4O2S. The van der Waals surface area contributed by atoms with Crippen LogP contribution < -0.4 is 0 Å². The monoisotopic (exact) mass is 364 g/mol. The Kier molecular flexibility index (Phi) is 5.04. The number of hydrogen-bond acceptors (Lipinski definition) is 6. The van der Waals surface area contributed by atoms with Crippen molar-refractivity contribution >= 4 is 17.7 Å². The van der Waals surface area contributed by atoms with Gasteiger partial charge in [-0.05, 0) is 50.8 Å². The summed E-state index contributed by atoms with van der Waals surface area (Å²) in [6.45, 7) is 4.40. The minimum Gasteiger partial charge on any atom is -0.342 e. The van der Waals surface area contributed by atoms with Crippen LogP contribution in [-0.2, 0) is 17.1 Å². The summed E-state index contributed by atoms with van der Waals surface area (Å²) in [4.78, 5) is 22.1. The lowest BCUT2D eigenvalue weighted by atomic mass is 9.77. The fourth-order valence-corrected chi connectivity index (χ4v) is 4.89. The Hall–Kier alpha value is -1.08. The molecule has 3 heterocycles. The van der Waals surface area contributed by atoms with E-state index in [9.17, 15) is 4.79 Å². The molecule has 1 aromatic rings. The van der Waals surface area contributed by atoms with E-state index in [-0.39, 0.29) is 5.41 Å². The third kappa shape index (κ3) is 3.58. The van der Waals surface area contributed by atoms with Gasteiger partial charge < -0.3 is 9.42 Å². The third-order valence-corrected chi connectivity index (χ3v) is 6.65. The van der Waals surface area contributed by atoms with E-state index in [1.807, 2.05) is 6.26 Å². The van der Waals surface area contributed by atoms with Crippen LogP contribution in [0.15, 0.2) is 4.52 Å². The second kappa shape index (κ2) is 7.27. The van der Waals surface area contributed by atoms with Gasteiger partial charge in [-0.15, -0.1) is 0 Å². The van der Waals surface area contributed by atoms with Crippen LogP contribution in [0, 0.1) is 11.3 Å². The topological polar surface area (TPSA) is 62.5 Å². The van der Waals surface area contributed by atoms with Crippen LogP contribution in [0.2, 0.25) is 0 Å². The molecule has 6 nitrogen and oxygen atoms in total. The first-order valence-corrected chi connectivity index (χ1v) is 10.9. The molecule has 1 amide bonds. The standard InChI is InChI=1S/C18H28N4O2S/c1-25-12-15-19-16(24-20-15)11-21-9-7-18(13-21)6-3-8-22(17(18)23)10-14-4-2-5-14/h14H,2-13H2,1H3/t18-/m1/s1. The number of thioether (sulfide) groups is 1. The summed E-state index contributed by atoms with van der Waals surface area (Å²) in [5.41, 5.74) is -0.163. The van der Waals surface area contributed by atoms with Gasteiger partial charge in [-0.25, -0.2) is 0 Å². The lowest BCUT2D eigenvalue weighted by Gasteiger charge is -2.42. The molecular weight excluding hydrogens is 336 g/mol. The Morgan fingerprint density at radius 1 is 1.28 bits per heavy atom. The van der Waals surface area contributed by atoms with Gasteiger partial charge in [0.15, 0.2) is 5.82 Å². The number of rotatable bonds is 6. The highest BCUT2D eigenvalue weighted by Gasteiger charge is 2.48. The molecule has 25 heavy (non-hydrogen) atoms. The van der Waals surface area contributed by atoms with Gasteiger partial charge in [0.05, 0.1) is 17.7 Å². The maximum absolute atomic E-state index is 13.2. The SMILES string of the molecule is CSCc1noc(CN2CC[C@]3(CCCN(CC4CCC4)C3=O)C2)n1. The van der Waals surface area contributed by atoms with Gasteiger partial charge >= 0.3 is 0 Å². The Morgan fingerprint density at radius 3 is 2.92 bits per heavy atom. The quantitative estimate of drug-likeness (QED) is 0.773. The van der Waals surface area contributed by atoms with E-state index in [1.165, 1.54) is 19.3 Å². The molecule has 0 N–H and O–H groups in total. The number of carbonyl (C=O) groups excluding carboxylic acids is 1. The molecule has 4 rings (SSSR count). The average molecular weight is 365 g/mol. The Morgan fingerprint density at radius 2 is 2.16 bits per heavy atom. The second-order valence-electron chi connectivity index (χ2n) is 7.93. The van der Waals surface area contributed by atoms with Crippen molar-refractivity contribution in [1.82, 2.24) is 19.9 Å². The summed E-state index contributed by atoms with van der Waals surface area (Å²) >= 11 is 1.69. The molecule has 0 bridgehead atoms. The van der Waals surface area contributed by atoms with E-state index < -0.39 is 0 Å². The first-order valence-electron chi connectivity index (χ1n) is 9.51. The summed E-state index contributed by atoms with van der Waals surface area (Å²) < 4.78 is 5.37. The predicted octanol–water partition coefficient (Wildman–Crippen LogP) is 2.55. The summed E-state index contributed by atoms with van der Waals surface area (Å²) in [5.74, 6) is 3.38. The number of piperidine rings is 1. The van der Waals surface area contributed by atoms with Crippen molar-refractivity contribution in [3.63, 3.8) is 0 Å². The lowest BCUT2D eigenvalue weighted by molar-refractivity contribution is -0.146. The summed E-state index contributed by atoms with van der Waals surface area (Å²) in [7, 11) is 0. The Labute approximate surface area is 153 Å². The van der Waals surface area contributed by atoms with Crippen LogP contribution >= 0.6 is 11.8 Å². The molecule has 2 saturated heterocycles. The van der Waals surface area contributed by atoms with Gasteiger partial charge in [0, 0.05) is 19.6 Å². The molecule has 3 aliphatic rings. The molecule has 1 saturated carbocycles. The molecule has 1 spiro atoms. The van der Waals surface area contributed by atoms with Crippen LogP contribution in [0.3, 0.4) is 0 Å². The van der Waals surface area contributed by atoms with Crippen LogP contribution in [-0.4, -0.2) is 58.3 Å². The van der Waals surface area contributed by atoms with Crippen LogP contribution in [0.25, 0.3) is 0 Å². The first-order chi connectivity index (χ1) is 12.2. The maximum atomic E-state index is 13.2. The van der Waals surface area contributed by atoms with Gasteiger partial charge in [-0.1, -0.05) is 11.6 Å². The fraction of sp³-hybridized carbons (Fsp3) is 0.833. The lowest BCUT2D eigenvalue weighted by Crippen LogP contribution is -2.51. The van der Waals surface area contributed by atoms with E-state index in [2.05, 4.69) is 19.9 Å². The largest absolute Gasteiger partial charge is 0.342 e. The van der Waals surface area contributed by atoms with Crippen LogP contribution in [0.1, 0.15) is 50.2 Å². The fourth-order valence-electron chi connectivity index (χ4n) is 4.52. The molecule has 0 radical (unpaired) electrons. The van der Waals surface area contributed by atoms with Gasteiger partial charge in [-0.3, -0.25) is 9.69 Å². The summed E-state index contributed by atoms with van der Waals surface area (Å²) in [5, 5.41) is 4.02. The molecule has 1 atom stereocenters. The number of carbonyl (C=O) groups is 1. The normalized spacial score (nSPS) is 28.0. The minimum atomic E-state index is -0.163.